The lowest BCUT2D eigenvalue weighted by molar-refractivity contribution is -0.137. The molecule has 1 aliphatic rings. The molecule has 36 heavy (non-hydrogen) atoms. The number of anilines is 1. The molecule has 1 fully saturated rings. The average molecular weight is 496 g/mol. The van der Waals surface area contributed by atoms with Gasteiger partial charge in [0.05, 0.1) is 5.56 Å². The van der Waals surface area contributed by atoms with Crippen molar-refractivity contribution in [3.05, 3.63) is 83.6 Å². The number of pyridine rings is 1. The van der Waals surface area contributed by atoms with Gasteiger partial charge in [0.2, 0.25) is 5.91 Å². The molecular weight excluding hydrogens is 473 g/mol. The van der Waals surface area contributed by atoms with Crippen molar-refractivity contribution in [2.45, 2.75) is 13.1 Å². The summed E-state index contributed by atoms with van der Waals surface area (Å²) in [6, 6.07) is 14.9. The summed E-state index contributed by atoms with van der Waals surface area (Å²) in [5.41, 5.74) is 1.26. The number of benzene rings is 2. The summed E-state index contributed by atoms with van der Waals surface area (Å²) in [7, 11) is 0. The summed E-state index contributed by atoms with van der Waals surface area (Å²) >= 11 is 0. The van der Waals surface area contributed by atoms with Crippen LogP contribution < -0.4 is 5.32 Å². The molecule has 1 saturated heterocycles. The normalized spacial score (nSPS) is 13.9. The number of piperazine rings is 1. The van der Waals surface area contributed by atoms with E-state index in [1.807, 2.05) is 6.07 Å². The van der Waals surface area contributed by atoms with Crippen molar-refractivity contribution in [2.24, 2.45) is 0 Å². The van der Waals surface area contributed by atoms with Crippen LogP contribution in [-0.2, 0) is 11.0 Å². The third kappa shape index (κ3) is 5.70. The standard InChI is InChI=1S/C26H23F3N4O3/c1-17(34)31-23-10-9-21(16-30-23)18-5-7-19(8-6-18)24(35)32-11-13-33(14-12-32)25(36)20-3-2-4-22(15-20)26(27,28)29/h2-10,15-16H,11-14H2,1H3,(H,30,31,34). The Balaban J connectivity index is 1.36. The summed E-state index contributed by atoms with van der Waals surface area (Å²) in [6.07, 6.45) is -2.90. The van der Waals surface area contributed by atoms with Gasteiger partial charge in [0, 0.05) is 56.0 Å². The lowest BCUT2D eigenvalue weighted by Crippen LogP contribution is -2.50. The first kappa shape index (κ1) is 24.9. The van der Waals surface area contributed by atoms with Crippen molar-refractivity contribution in [3.8, 4) is 11.1 Å². The minimum Gasteiger partial charge on any atom is -0.335 e. The van der Waals surface area contributed by atoms with Crippen molar-refractivity contribution < 1.29 is 27.6 Å². The molecule has 4 rings (SSSR count). The van der Waals surface area contributed by atoms with Crippen LogP contribution in [0.2, 0.25) is 0 Å². The molecule has 0 unspecified atom stereocenters. The molecular formula is C26H23F3N4O3. The molecule has 186 valence electrons. The van der Waals surface area contributed by atoms with Crippen LogP contribution in [-0.4, -0.2) is 58.7 Å². The first-order valence-electron chi connectivity index (χ1n) is 11.2. The van der Waals surface area contributed by atoms with E-state index in [-0.39, 0.29) is 43.6 Å². The highest BCUT2D eigenvalue weighted by molar-refractivity contribution is 5.96. The smallest absolute Gasteiger partial charge is 0.335 e. The zero-order chi connectivity index (χ0) is 25.9. The van der Waals surface area contributed by atoms with Gasteiger partial charge in [-0.15, -0.1) is 0 Å². The van der Waals surface area contributed by atoms with Crippen LogP contribution in [0.3, 0.4) is 0 Å². The second kappa shape index (κ2) is 10.2. The molecule has 3 aromatic rings. The number of nitrogens with zero attached hydrogens (tertiary/aromatic N) is 3. The van der Waals surface area contributed by atoms with Crippen LogP contribution in [0, 0.1) is 0 Å². The van der Waals surface area contributed by atoms with E-state index in [0.717, 1.165) is 23.3 Å². The average Bonchev–Trinajstić information content (AvgIpc) is 2.88. The third-order valence-corrected chi connectivity index (χ3v) is 5.82. The predicted molar refractivity (Wildman–Crippen MR) is 127 cm³/mol. The number of halogens is 3. The van der Waals surface area contributed by atoms with Gasteiger partial charge in [0.1, 0.15) is 5.82 Å². The van der Waals surface area contributed by atoms with Crippen LogP contribution in [0.1, 0.15) is 33.2 Å². The fourth-order valence-electron chi connectivity index (χ4n) is 3.93. The Hall–Kier alpha value is -4.21. The largest absolute Gasteiger partial charge is 0.416 e. The molecule has 0 aliphatic carbocycles. The summed E-state index contributed by atoms with van der Waals surface area (Å²) < 4.78 is 38.9. The summed E-state index contributed by atoms with van der Waals surface area (Å²) in [5.74, 6) is -0.440. The van der Waals surface area contributed by atoms with Gasteiger partial charge in [0.25, 0.3) is 11.8 Å². The molecule has 0 radical (unpaired) electrons. The maximum Gasteiger partial charge on any atom is 0.416 e. The van der Waals surface area contributed by atoms with Crippen molar-refractivity contribution in [3.63, 3.8) is 0 Å². The van der Waals surface area contributed by atoms with E-state index in [2.05, 4.69) is 10.3 Å². The van der Waals surface area contributed by atoms with Gasteiger partial charge in [-0.1, -0.05) is 18.2 Å². The van der Waals surface area contributed by atoms with Crippen molar-refractivity contribution in [1.29, 1.82) is 0 Å². The molecule has 3 amide bonds. The Kier molecular flexibility index (Phi) is 7.05. The number of aromatic nitrogens is 1. The van der Waals surface area contributed by atoms with E-state index >= 15 is 0 Å². The highest BCUT2D eigenvalue weighted by Crippen LogP contribution is 2.30. The van der Waals surface area contributed by atoms with E-state index in [1.165, 1.54) is 24.0 Å². The van der Waals surface area contributed by atoms with E-state index in [9.17, 15) is 27.6 Å². The van der Waals surface area contributed by atoms with Crippen LogP contribution in [0.4, 0.5) is 19.0 Å². The maximum atomic E-state index is 13.0. The first-order valence-corrected chi connectivity index (χ1v) is 11.2. The zero-order valence-corrected chi connectivity index (χ0v) is 19.4. The number of hydrogen-bond donors (Lipinski definition) is 1. The summed E-state index contributed by atoms with van der Waals surface area (Å²) in [6.45, 7) is 2.41. The summed E-state index contributed by atoms with van der Waals surface area (Å²) in [4.78, 5) is 44.0. The van der Waals surface area contributed by atoms with Crippen LogP contribution in [0.5, 0.6) is 0 Å². The number of hydrogen-bond acceptors (Lipinski definition) is 4. The van der Waals surface area contributed by atoms with E-state index < -0.39 is 17.6 Å². The SMILES string of the molecule is CC(=O)Nc1ccc(-c2ccc(C(=O)N3CCN(C(=O)c4cccc(C(F)(F)F)c4)CC3)cc2)cn1. The molecule has 7 nitrogen and oxygen atoms in total. The minimum atomic E-state index is -4.52. The van der Waals surface area contributed by atoms with Gasteiger partial charge in [-0.2, -0.15) is 13.2 Å². The first-order chi connectivity index (χ1) is 17.1. The molecule has 1 N–H and O–H groups in total. The fraction of sp³-hybridized carbons (Fsp3) is 0.231. The second-order valence-electron chi connectivity index (χ2n) is 8.35. The Morgan fingerprint density at radius 3 is 1.92 bits per heavy atom. The third-order valence-electron chi connectivity index (χ3n) is 5.82. The predicted octanol–water partition coefficient (Wildman–Crippen LogP) is 4.32. The lowest BCUT2D eigenvalue weighted by atomic mass is 10.0. The monoisotopic (exact) mass is 496 g/mol. The fourth-order valence-corrected chi connectivity index (χ4v) is 3.93. The number of carbonyl (C=O) groups excluding carboxylic acids is 3. The zero-order valence-electron chi connectivity index (χ0n) is 19.4. The molecule has 10 heteroatoms. The van der Waals surface area contributed by atoms with Gasteiger partial charge < -0.3 is 15.1 Å². The van der Waals surface area contributed by atoms with E-state index in [0.29, 0.717) is 11.4 Å². The molecule has 2 aromatic carbocycles. The Labute approximate surface area is 205 Å². The Morgan fingerprint density at radius 1 is 0.806 bits per heavy atom. The van der Waals surface area contributed by atoms with Gasteiger partial charge >= 0.3 is 6.18 Å². The number of rotatable bonds is 4. The Morgan fingerprint density at radius 2 is 1.39 bits per heavy atom. The molecule has 1 aliphatic heterocycles. The van der Waals surface area contributed by atoms with Gasteiger partial charge in [-0.3, -0.25) is 14.4 Å². The van der Waals surface area contributed by atoms with Crippen molar-refractivity contribution >= 4 is 23.5 Å². The van der Waals surface area contributed by atoms with Gasteiger partial charge in [0.15, 0.2) is 0 Å². The maximum absolute atomic E-state index is 13.0. The number of nitrogens with one attached hydrogen (secondary N) is 1. The summed E-state index contributed by atoms with van der Waals surface area (Å²) in [5, 5.41) is 2.60. The van der Waals surface area contributed by atoms with Crippen molar-refractivity contribution in [2.75, 3.05) is 31.5 Å². The van der Waals surface area contributed by atoms with Crippen LogP contribution >= 0.6 is 0 Å². The topological polar surface area (TPSA) is 82.6 Å². The molecule has 0 bridgehead atoms. The van der Waals surface area contributed by atoms with E-state index in [4.69, 9.17) is 0 Å². The quantitative estimate of drug-likeness (QED) is 0.583. The molecule has 0 spiro atoms. The molecule has 1 aromatic heterocycles. The minimum absolute atomic E-state index is 0.0280. The second-order valence-corrected chi connectivity index (χ2v) is 8.35. The van der Waals surface area contributed by atoms with Crippen LogP contribution in [0.25, 0.3) is 11.1 Å². The van der Waals surface area contributed by atoms with Gasteiger partial charge in [-0.25, -0.2) is 4.98 Å². The Bertz CT molecular complexity index is 1270. The number of amides is 3. The number of alkyl halides is 3. The highest BCUT2D eigenvalue weighted by Gasteiger charge is 2.32. The van der Waals surface area contributed by atoms with Crippen molar-refractivity contribution in [1.82, 2.24) is 14.8 Å². The number of carbonyl (C=O) groups is 3. The molecule has 2 heterocycles. The molecule has 0 atom stereocenters. The lowest BCUT2D eigenvalue weighted by Gasteiger charge is -2.35. The van der Waals surface area contributed by atoms with Crippen LogP contribution in [0.15, 0.2) is 66.9 Å². The van der Waals surface area contributed by atoms with E-state index in [1.54, 1.807) is 41.4 Å². The van der Waals surface area contributed by atoms with Gasteiger partial charge in [-0.05, 0) is 48.0 Å². The highest BCUT2D eigenvalue weighted by atomic mass is 19.4. The molecule has 0 saturated carbocycles.